The number of hydrogen-bond acceptors (Lipinski definition) is 7. The van der Waals surface area contributed by atoms with Crippen molar-refractivity contribution in [3.05, 3.63) is 189 Å². The molecule has 4 amide bonds. The summed E-state index contributed by atoms with van der Waals surface area (Å²) >= 11 is 0. The van der Waals surface area contributed by atoms with Gasteiger partial charge in [-0.1, -0.05) is 57.1 Å². The van der Waals surface area contributed by atoms with Gasteiger partial charge in [-0.05, 0) is 230 Å². The van der Waals surface area contributed by atoms with Gasteiger partial charge in [0.1, 0.15) is 11.5 Å². The zero-order valence-corrected chi connectivity index (χ0v) is 45.4. The minimum Gasteiger partial charge on any atom is -0.497 e. The molecule has 0 spiro atoms. The van der Waals surface area contributed by atoms with Crippen molar-refractivity contribution in [2.45, 2.75) is 87.0 Å². The molecule has 0 atom stereocenters. The highest BCUT2D eigenvalue weighted by atomic mass is 16.5. The van der Waals surface area contributed by atoms with Gasteiger partial charge in [-0.25, -0.2) is 4.90 Å². The molecular formula is C68H63N3O6. The number of unbranched alkanes of at least 4 members (excludes halogenated alkanes) is 5. The van der Waals surface area contributed by atoms with Gasteiger partial charge in [0.05, 0.1) is 19.9 Å². The first kappa shape index (κ1) is 51.7. The van der Waals surface area contributed by atoms with Crippen molar-refractivity contribution in [2.75, 3.05) is 30.6 Å². The number of carbonyl (C=O) groups is 4. The van der Waals surface area contributed by atoms with Crippen LogP contribution >= 0.6 is 0 Å². The van der Waals surface area contributed by atoms with Crippen molar-refractivity contribution >= 4 is 57.2 Å². The summed E-state index contributed by atoms with van der Waals surface area (Å²) in [5.74, 6) is 2.66. The number of amides is 4. The van der Waals surface area contributed by atoms with Gasteiger partial charge in [0.25, 0.3) is 23.6 Å². The molecule has 2 aliphatic rings. The third-order valence-electron chi connectivity index (χ3n) is 15.4. The van der Waals surface area contributed by atoms with Crippen molar-refractivity contribution in [3.8, 4) is 57.2 Å². The molecule has 0 saturated heterocycles. The van der Waals surface area contributed by atoms with Crippen molar-refractivity contribution in [2.24, 2.45) is 0 Å². The lowest BCUT2D eigenvalue weighted by Crippen LogP contribution is -2.44. The van der Waals surface area contributed by atoms with Gasteiger partial charge in [-0.3, -0.25) is 24.1 Å². The molecule has 8 aromatic carbocycles. The van der Waals surface area contributed by atoms with E-state index < -0.39 is 23.6 Å². The first-order valence-electron chi connectivity index (χ1n) is 26.6. The predicted molar refractivity (Wildman–Crippen MR) is 311 cm³/mol. The Kier molecular flexibility index (Phi) is 14.2. The summed E-state index contributed by atoms with van der Waals surface area (Å²) in [5.41, 5.74) is 17.6. The van der Waals surface area contributed by atoms with Crippen LogP contribution < -0.4 is 19.3 Å². The highest BCUT2D eigenvalue weighted by molar-refractivity contribution is 6.39. The van der Waals surface area contributed by atoms with E-state index in [1.807, 2.05) is 62.4 Å². The molecule has 0 radical (unpaired) electrons. The molecule has 0 saturated carbocycles. The Morgan fingerprint density at radius 2 is 0.844 bits per heavy atom. The van der Waals surface area contributed by atoms with Crippen LogP contribution in [-0.4, -0.2) is 49.3 Å². The highest BCUT2D eigenvalue weighted by Crippen LogP contribution is 2.45. The van der Waals surface area contributed by atoms with Gasteiger partial charge in [-0.2, -0.15) is 0 Å². The molecule has 0 bridgehead atoms. The monoisotopic (exact) mass is 1020 g/mol. The van der Waals surface area contributed by atoms with E-state index in [2.05, 4.69) is 100 Å². The first-order chi connectivity index (χ1) is 37.1. The quantitative estimate of drug-likeness (QED) is 0.0540. The van der Waals surface area contributed by atoms with Crippen molar-refractivity contribution in [3.63, 3.8) is 0 Å². The molecule has 0 aromatic heterocycles. The largest absolute Gasteiger partial charge is 0.497 e. The van der Waals surface area contributed by atoms with Gasteiger partial charge in [0.15, 0.2) is 0 Å². The minimum absolute atomic E-state index is 0.277. The highest BCUT2D eigenvalue weighted by Gasteiger charge is 2.41. The predicted octanol–water partition coefficient (Wildman–Crippen LogP) is 15.9. The Balaban J connectivity index is 0.946. The maximum Gasteiger partial charge on any atom is 0.266 e. The number of imide groups is 2. The molecule has 0 N–H and O–H groups in total. The number of methoxy groups -OCH3 is 2. The van der Waals surface area contributed by atoms with E-state index in [0.717, 1.165) is 122 Å². The molecule has 2 aliphatic heterocycles. The molecule has 2 heterocycles. The van der Waals surface area contributed by atoms with E-state index in [9.17, 15) is 19.2 Å². The smallest absolute Gasteiger partial charge is 0.266 e. The molecule has 9 nitrogen and oxygen atoms in total. The number of carbonyl (C=O) groups excluding carboxylic acids is 4. The van der Waals surface area contributed by atoms with E-state index in [4.69, 9.17) is 15.9 Å². The van der Waals surface area contributed by atoms with Crippen LogP contribution in [0.5, 0.6) is 11.5 Å². The van der Waals surface area contributed by atoms with E-state index in [-0.39, 0.29) is 11.1 Å². The van der Waals surface area contributed by atoms with E-state index in [1.165, 1.54) is 27.3 Å². The topological polar surface area (TPSA) is 96.5 Å². The summed E-state index contributed by atoms with van der Waals surface area (Å²) in [7, 11) is 3.34. The number of nitrogens with zero attached hydrogens (tertiary/aromatic N) is 3. The second kappa shape index (κ2) is 21.1. The van der Waals surface area contributed by atoms with Gasteiger partial charge >= 0.3 is 0 Å². The zero-order valence-electron chi connectivity index (χ0n) is 45.4. The average Bonchev–Trinajstić information content (AvgIpc) is 3.45. The van der Waals surface area contributed by atoms with Gasteiger partial charge < -0.3 is 14.4 Å². The van der Waals surface area contributed by atoms with Crippen LogP contribution in [0.2, 0.25) is 0 Å². The van der Waals surface area contributed by atoms with E-state index in [1.54, 1.807) is 38.5 Å². The molecule has 0 unspecified atom stereocenters. The fourth-order valence-corrected chi connectivity index (χ4v) is 11.8. The number of benzene rings is 8. The first-order valence-corrected chi connectivity index (χ1v) is 26.6. The lowest BCUT2D eigenvalue weighted by atomic mass is 9.85. The summed E-state index contributed by atoms with van der Waals surface area (Å²) in [5, 5.41) is 0.735. The van der Waals surface area contributed by atoms with Crippen LogP contribution in [-0.2, 0) is 0 Å². The lowest BCUT2D eigenvalue weighted by Gasteiger charge is -2.33. The number of hydrogen-bond donors (Lipinski definition) is 0. The number of rotatable bonds is 16. The third-order valence-corrected chi connectivity index (χ3v) is 15.4. The molecule has 8 aromatic rings. The van der Waals surface area contributed by atoms with Crippen molar-refractivity contribution in [1.29, 1.82) is 0 Å². The second-order valence-corrected chi connectivity index (χ2v) is 20.6. The molecule has 77 heavy (non-hydrogen) atoms. The van der Waals surface area contributed by atoms with Gasteiger partial charge in [0, 0.05) is 62.2 Å². The van der Waals surface area contributed by atoms with Gasteiger partial charge in [0.2, 0.25) is 0 Å². The van der Waals surface area contributed by atoms with Crippen LogP contribution in [0, 0.1) is 53.9 Å². The Labute approximate surface area is 452 Å². The summed E-state index contributed by atoms with van der Waals surface area (Å²) in [6.45, 7) is 15.0. The standard InChI is InChI=1S/C68H63N3O6/c1-11-13-14-15-16-17-30-69-65(72)56-26-28-58-63-59(29-27-57(62(56)63)66(69)73)68(75)71(67(58)74)64-44(7)33-48(34-45(64)8)50-38-46(12-2)37-49(39-50)47-31-40(3)60(41(4)32-47)61-42(5)35-53(36-43(61)6)70(51-18-22-54(76-9)23-19-51)52-20-24-55(77-10)25-21-52/h2,18-29,31-39H,11,13-17,30H2,1,3-10H3. The molecule has 386 valence electrons. The number of terminal acetylenes is 1. The Morgan fingerprint density at radius 1 is 0.455 bits per heavy atom. The molecule has 0 aliphatic carbocycles. The maximum atomic E-state index is 14.7. The third kappa shape index (κ3) is 9.33. The Bertz CT molecular complexity index is 3580. The van der Waals surface area contributed by atoms with Gasteiger partial charge in [-0.15, -0.1) is 6.42 Å². The molecule has 10 rings (SSSR count). The molecule has 9 heteroatoms. The summed E-state index contributed by atoms with van der Waals surface area (Å²) in [4.78, 5) is 61.9. The lowest BCUT2D eigenvalue weighted by molar-refractivity contribution is 0.0606. The Morgan fingerprint density at radius 3 is 1.27 bits per heavy atom. The summed E-state index contributed by atoms with van der Waals surface area (Å²) in [6.07, 6.45) is 12.3. The fraction of sp³-hybridized carbons (Fsp3) is 0.235. The van der Waals surface area contributed by atoms with Crippen molar-refractivity contribution in [1.82, 2.24) is 4.90 Å². The maximum absolute atomic E-state index is 14.7. The molecular weight excluding hydrogens is 955 g/mol. The normalized spacial score (nSPS) is 12.9. The van der Waals surface area contributed by atoms with Crippen LogP contribution in [0.3, 0.4) is 0 Å². The minimum atomic E-state index is -0.504. The van der Waals surface area contributed by atoms with Crippen LogP contribution in [0.1, 0.15) is 126 Å². The number of ether oxygens (including phenoxy) is 2. The summed E-state index contributed by atoms with van der Waals surface area (Å²) in [6, 6.07) is 41.8. The zero-order chi connectivity index (χ0) is 54.4. The van der Waals surface area contributed by atoms with E-state index >= 15 is 0 Å². The summed E-state index contributed by atoms with van der Waals surface area (Å²) < 4.78 is 11.0. The number of aryl methyl sites for hydroxylation is 6. The number of anilines is 4. The van der Waals surface area contributed by atoms with Crippen LogP contribution in [0.4, 0.5) is 22.7 Å². The Hall–Kier alpha value is -8.74. The molecule has 0 fully saturated rings. The SMILES string of the molecule is C#Cc1cc(-c2cc(C)c(-c3c(C)cc(N(c4ccc(OC)cc4)c4ccc(OC)cc4)cc3C)c(C)c2)cc(-c2cc(C)c(N3C(=O)c4ccc5c6c(ccc(c46)C3=O)C(=O)N(CCCCCCCC)C5=O)c(C)c2)c1. The fourth-order valence-electron chi connectivity index (χ4n) is 11.8. The average molecular weight is 1020 g/mol. The van der Waals surface area contributed by atoms with Crippen LogP contribution in [0.15, 0.2) is 127 Å². The van der Waals surface area contributed by atoms with E-state index in [0.29, 0.717) is 34.1 Å². The van der Waals surface area contributed by atoms with Crippen LogP contribution in [0.25, 0.3) is 44.2 Å². The second-order valence-electron chi connectivity index (χ2n) is 20.6. The van der Waals surface area contributed by atoms with Crippen molar-refractivity contribution < 1.29 is 28.7 Å².